The van der Waals surface area contributed by atoms with Crippen LogP contribution in [0.1, 0.15) is 30.7 Å². The Morgan fingerprint density at radius 2 is 1.72 bits per heavy atom. The summed E-state index contributed by atoms with van der Waals surface area (Å²) in [4.78, 5) is 4.55. The van der Waals surface area contributed by atoms with E-state index in [-0.39, 0.29) is 0 Å². The minimum Gasteiger partial charge on any atom is -0.397 e. The number of nitrogen functional groups attached to an aromatic ring is 1. The topological polar surface area (TPSA) is 38.9 Å². The van der Waals surface area contributed by atoms with Crippen LogP contribution in [0, 0.1) is 6.92 Å². The van der Waals surface area contributed by atoms with Crippen molar-refractivity contribution >= 4 is 5.69 Å². The van der Waals surface area contributed by atoms with Gasteiger partial charge in [0.05, 0.1) is 17.1 Å². The van der Waals surface area contributed by atoms with Crippen LogP contribution in [-0.2, 0) is 12.8 Å². The number of hydrogen-bond acceptors (Lipinski definition) is 2. The number of benzene rings is 1. The third-order valence-corrected chi connectivity index (χ3v) is 3.39. The van der Waals surface area contributed by atoms with Gasteiger partial charge >= 0.3 is 0 Å². The van der Waals surface area contributed by atoms with E-state index in [4.69, 9.17) is 5.73 Å². The zero-order valence-corrected chi connectivity index (χ0v) is 11.3. The van der Waals surface area contributed by atoms with E-state index < -0.39 is 0 Å². The predicted molar refractivity (Wildman–Crippen MR) is 77.6 cm³/mol. The molecule has 0 aliphatic heterocycles. The van der Waals surface area contributed by atoms with Crippen molar-refractivity contribution in [3.63, 3.8) is 0 Å². The second-order valence-corrected chi connectivity index (χ2v) is 4.56. The Morgan fingerprint density at radius 3 is 2.33 bits per heavy atom. The van der Waals surface area contributed by atoms with Gasteiger partial charge in [-0.15, -0.1) is 0 Å². The molecule has 2 aromatic rings. The Balaban J connectivity index is 2.47. The molecule has 0 unspecified atom stereocenters. The van der Waals surface area contributed by atoms with Crippen molar-refractivity contribution in [2.75, 3.05) is 5.73 Å². The van der Waals surface area contributed by atoms with E-state index in [2.05, 4.69) is 37.0 Å². The number of nitrogens with two attached hydrogens (primary N) is 1. The molecule has 2 nitrogen and oxygen atoms in total. The standard InChI is InChI=1S/C16H20N2/c1-4-12-6-7-14(10-13(12)5-2)16-9-8-15(17)11(3)18-16/h6-10H,4-5,17H2,1-3H3. The molecular weight excluding hydrogens is 220 g/mol. The fourth-order valence-corrected chi connectivity index (χ4v) is 2.19. The highest BCUT2D eigenvalue weighted by Crippen LogP contribution is 2.23. The van der Waals surface area contributed by atoms with E-state index in [9.17, 15) is 0 Å². The molecule has 2 rings (SSSR count). The van der Waals surface area contributed by atoms with Crippen molar-refractivity contribution in [2.45, 2.75) is 33.6 Å². The van der Waals surface area contributed by atoms with E-state index in [1.54, 1.807) is 0 Å². The number of aromatic nitrogens is 1. The van der Waals surface area contributed by atoms with E-state index in [1.807, 2.05) is 19.1 Å². The summed E-state index contributed by atoms with van der Waals surface area (Å²) < 4.78 is 0. The summed E-state index contributed by atoms with van der Waals surface area (Å²) in [5, 5.41) is 0. The zero-order valence-electron chi connectivity index (χ0n) is 11.3. The van der Waals surface area contributed by atoms with Crippen LogP contribution in [0.2, 0.25) is 0 Å². The monoisotopic (exact) mass is 240 g/mol. The Hall–Kier alpha value is -1.83. The first-order chi connectivity index (χ1) is 8.65. The second-order valence-electron chi connectivity index (χ2n) is 4.56. The van der Waals surface area contributed by atoms with Crippen LogP contribution in [0.25, 0.3) is 11.3 Å². The Kier molecular flexibility index (Phi) is 3.66. The highest BCUT2D eigenvalue weighted by Gasteiger charge is 2.05. The minimum absolute atomic E-state index is 0.750. The maximum absolute atomic E-state index is 5.81. The lowest BCUT2D eigenvalue weighted by Gasteiger charge is -2.09. The molecule has 94 valence electrons. The molecule has 1 aromatic heterocycles. The first-order valence-electron chi connectivity index (χ1n) is 6.51. The van der Waals surface area contributed by atoms with E-state index in [0.717, 1.165) is 29.9 Å². The summed E-state index contributed by atoms with van der Waals surface area (Å²) in [6, 6.07) is 10.5. The van der Waals surface area contributed by atoms with Crippen molar-refractivity contribution in [1.29, 1.82) is 0 Å². The summed E-state index contributed by atoms with van der Waals surface area (Å²) in [5.41, 5.74) is 12.5. The van der Waals surface area contributed by atoms with Crippen molar-refractivity contribution in [1.82, 2.24) is 4.98 Å². The van der Waals surface area contributed by atoms with Gasteiger partial charge < -0.3 is 5.73 Å². The molecule has 18 heavy (non-hydrogen) atoms. The van der Waals surface area contributed by atoms with Gasteiger partial charge in [-0.05, 0) is 49.1 Å². The third-order valence-electron chi connectivity index (χ3n) is 3.39. The van der Waals surface area contributed by atoms with Crippen molar-refractivity contribution in [3.8, 4) is 11.3 Å². The van der Waals surface area contributed by atoms with Crippen molar-refractivity contribution < 1.29 is 0 Å². The molecule has 1 heterocycles. The first kappa shape index (κ1) is 12.6. The maximum atomic E-state index is 5.81. The van der Waals surface area contributed by atoms with Crippen LogP contribution >= 0.6 is 0 Å². The fourth-order valence-electron chi connectivity index (χ4n) is 2.19. The average molecular weight is 240 g/mol. The molecule has 0 fully saturated rings. The van der Waals surface area contributed by atoms with Crippen LogP contribution in [-0.4, -0.2) is 4.98 Å². The Bertz CT molecular complexity index is 559. The third kappa shape index (κ3) is 2.37. The number of anilines is 1. The molecule has 0 bridgehead atoms. The summed E-state index contributed by atoms with van der Waals surface area (Å²) in [6.45, 7) is 6.33. The first-order valence-corrected chi connectivity index (χ1v) is 6.51. The van der Waals surface area contributed by atoms with E-state index >= 15 is 0 Å². The van der Waals surface area contributed by atoms with Crippen LogP contribution in [0.3, 0.4) is 0 Å². The summed E-state index contributed by atoms with van der Waals surface area (Å²) in [5.74, 6) is 0. The van der Waals surface area contributed by atoms with Crippen LogP contribution in [0.5, 0.6) is 0 Å². The highest BCUT2D eigenvalue weighted by atomic mass is 14.7. The van der Waals surface area contributed by atoms with Gasteiger partial charge in [-0.1, -0.05) is 26.0 Å². The number of pyridine rings is 1. The lowest BCUT2D eigenvalue weighted by molar-refractivity contribution is 1.04. The van der Waals surface area contributed by atoms with Gasteiger partial charge in [0.1, 0.15) is 0 Å². The number of hydrogen-bond donors (Lipinski definition) is 1. The fraction of sp³-hybridized carbons (Fsp3) is 0.312. The van der Waals surface area contributed by atoms with Crippen LogP contribution in [0.4, 0.5) is 5.69 Å². The van der Waals surface area contributed by atoms with Gasteiger partial charge in [0.15, 0.2) is 0 Å². The van der Waals surface area contributed by atoms with Gasteiger partial charge in [-0.25, -0.2) is 0 Å². The number of nitrogens with zero attached hydrogens (tertiary/aromatic N) is 1. The molecular formula is C16H20N2. The molecule has 1 aromatic carbocycles. The molecule has 2 N–H and O–H groups in total. The summed E-state index contributed by atoms with van der Waals surface area (Å²) in [7, 11) is 0. The molecule has 0 saturated carbocycles. The second kappa shape index (κ2) is 5.21. The average Bonchev–Trinajstić information content (AvgIpc) is 2.41. The molecule has 0 amide bonds. The van der Waals surface area contributed by atoms with Crippen molar-refractivity contribution in [3.05, 3.63) is 47.2 Å². The summed E-state index contributed by atoms with van der Waals surface area (Å²) in [6.07, 6.45) is 2.14. The Labute approximate surface area is 109 Å². The zero-order chi connectivity index (χ0) is 13.1. The van der Waals surface area contributed by atoms with Gasteiger partial charge in [-0.2, -0.15) is 0 Å². The van der Waals surface area contributed by atoms with Gasteiger partial charge in [0.25, 0.3) is 0 Å². The number of aryl methyl sites for hydroxylation is 3. The van der Waals surface area contributed by atoms with E-state index in [1.165, 1.54) is 16.7 Å². The predicted octanol–water partition coefficient (Wildman–Crippen LogP) is 3.76. The van der Waals surface area contributed by atoms with Gasteiger partial charge in [0.2, 0.25) is 0 Å². The summed E-state index contributed by atoms with van der Waals surface area (Å²) >= 11 is 0. The molecule has 0 spiro atoms. The maximum Gasteiger partial charge on any atom is 0.0706 e. The molecule has 2 heteroatoms. The SMILES string of the molecule is CCc1ccc(-c2ccc(N)c(C)n2)cc1CC. The molecule has 0 aliphatic carbocycles. The largest absolute Gasteiger partial charge is 0.397 e. The lowest BCUT2D eigenvalue weighted by atomic mass is 9.98. The van der Waals surface area contributed by atoms with Crippen molar-refractivity contribution in [2.24, 2.45) is 0 Å². The lowest BCUT2D eigenvalue weighted by Crippen LogP contribution is -1.96. The van der Waals surface area contributed by atoms with Crippen LogP contribution in [0.15, 0.2) is 30.3 Å². The Morgan fingerprint density at radius 1 is 1.00 bits per heavy atom. The molecule has 0 aliphatic rings. The number of rotatable bonds is 3. The smallest absolute Gasteiger partial charge is 0.0706 e. The highest BCUT2D eigenvalue weighted by molar-refractivity contribution is 5.63. The van der Waals surface area contributed by atoms with E-state index in [0.29, 0.717) is 0 Å². The van der Waals surface area contributed by atoms with Gasteiger partial charge in [0, 0.05) is 5.56 Å². The normalized spacial score (nSPS) is 10.6. The quantitative estimate of drug-likeness (QED) is 0.887. The molecule has 0 radical (unpaired) electrons. The minimum atomic E-state index is 0.750. The van der Waals surface area contributed by atoms with Crippen LogP contribution < -0.4 is 5.73 Å². The molecule has 0 atom stereocenters. The van der Waals surface area contributed by atoms with Gasteiger partial charge in [-0.3, -0.25) is 4.98 Å². The molecule has 0 saturated heterocycles.